The highest BCUT2D eigenvalue weighted by Gasteiger charge is 2.32. The Labute approximate surface area is 148 Å². The fourth-order valence-corrected chi connectivity index (χ4v) is 3.07. The number of halogens is 3. The van der Waals surface area contributed by atoms with E-state index in [1.807, 2.05) is 6.92 Å². The van der Waals surface area contributed by atoms with Crippen LogP contribution in [0.15, 0.2) is 47.5 Å². The summed E-state index contributed by atoms with van der Waals surface area (Å²) in [5.41, 5.74) is -0.855. The van der Waals surface area contributed by atoms with Crippen molar-refractivity contribution < 1.29 is 26.4 Å². The SMILES string of the molecule is CCCNS(=O)(=O)c1ccc(NC(=O)c2ccc(C(F)(F)F)nc2)cc1. The van der Waals surface area contributed by atoms with Crippen molar-refractivity contribution in [3.05, 3.63) is 53.9 Å². The highest BCUT2D eigenvalue weighted by molar-refractivity contribution is 7.89. The summed E-state index contributed by atoms with van der Waals surface area (Å²) in [5, 5.41) is 2.46. The number of anilines is 1. The maximum absolute atomic E-state index is 12.5. The molecule has 1 aromatic carbocycles. The molecule has 2 N–H and O–H groups in total. The van der Waals surface area contributed by atoms with Crippen molar-refractivity contribution >= 4 is 21.6 Å². The molecule has 6 nitrogen and oxygen atoms in total. The molecule has 0 atom stereocenters. The van der Waals surface area contributed by atoms with Gasteiger partial charge in [-0.1, -0.05) is 6.92 Å². The van der Waals surface area contributed by atoms with Crippen LogP contribution in [0, 0.1) is 0 Å². The third-order valence-electron chi connectivity index (χ3n) is 3.28. The molecule has 0 fully saturated rings. The van der Waals surface area contributed by atoms with Crippen molar-refractivity contribution in [2.75, 3.05) is 11.9 Å². The van der Waals surface area contributed by atoms with E-state index in [9.17, 15) is 26.4 Å². The van der Waals surface area contributed by atoms with Gasteiger partial charge in [-0.3, -0.25) is 9.78 Å². The topological polar surface area (TPSA) is 88.2 Å². The second-order valence-electron chi connectivity index (χ2n) is 5.31. The van der Waals surface area contributed by atoms with E-state index in [2.05, 4.69) is 15.0 Å². The molecule has 10 heteroatoms. The van der Waals surface area contributed by atoms with Gasteiger partial charge >= 0.3 is 6.18 Å². The first-order valence-corrected chi connectivity index (χ1v) is 9.06. The van der Waals surface area contributed by atoms with E-state index in [1.165, 1.54) is 24.3 Å². The predicted molar refractivity (Wildman–Crippen MR) is 89.1 cm³/mol. The predicted octanol–water partition coefficient (Wildman–Crippen LogP) is 3.04. The molecule has 1 aromatic heterocycles. The number of rotatable bonds is 6. The van der Waals surface area contributed by atoms with Crippen molar-refractivity contribution in [3.8, 4) is 0 Å². The zero-order valence-electron chi connectivity index (χ0n) is 13.7. The lowest BCUT2D eigenvalue weighted by Gasteiger charge is -2.09. The number of nitrogens with one attached hydrogen (secondary N) is 2. The smallest absolute Gasteiger partial charge is 0.322 e. The van der Waals surface area contributed by atoms with Gasteiger partial charge in [0.15, 0.2) is 0 Å². The van der Waals surface area contributed by atoms with Gasteiger partial charge in [0.1, 0.15) is 5.69 Å². The van der Waals surface area contributed by atoms with E-state index in [4.69, 9.17) is 0 Å². The Hall–Kier alpha value is -2.46. The third kappa shape index (κ3) is 5.02. The second-order valence-corrected chi connectivity index (χ2v) is 7.07. The molecule has 2 aromatic rings. The molecule has 2 rings (SSSR count). The van der Waals surface area contributed by atoms with Crippen LogP contribution in [0.5, 0.6) is 0 Å². The number of benzene rings is 1. The van der Waals surface area contributed by atoms with Crippen molar-refractivity contribution in [1.82, 2.24) is 9.71 Å². The van der Waals surface area contributed by atoms with Crippen LogP contribution in [-0.2, 0) is 16.2 Å². The zero-order valence-corrected chi connectivity index (χ0v) is 14.5. The summed E-state index contributed by atoms with van der Waals surface area (Å²) in [6.45, 7) is 2.14. The standard InChI is InChI=1S/C16H16F3N3O3S/c1-2-9-21-26(24,25)13-6-4-12(5-7-13)22-15(23)11-3-8-14(20-10-11)16(17,18)19/h3-8,10,21H,2,9H2,1H3,(H,22,23). The monoisotopic (exact) mass is 387 g/mol. The van der Waals surface area contributed by atoms with E-state index in [0.29, 0.717) is 24.7 Å². The molecule has 0 aliphatic rings. The van der Waals surface area contributed by atoms with Crippen LogP contribution < -0.4 is 10.0 Å². The number of hydrogen-bond donors (Lipinski definition) is 2. The minimum atomic E-state index is -4.58. The normalized spacial score (nSPS) is 12.0. The van der Waals surface area contributed by atoms with Gasteiger partial charge in [0, 0.05) is 18.4 Å². The molecule has 0 saturated carbocycles. The fourth-order valence-electron chi connectivity index (χ4n) is 1.94. The Morgan fingerprint density at radius 2 is 1.77 bits per heavy atom. The van der Waals surface area contributed by atoms with Crippen molar-refractivity contribution in [1.29, 1.82) is 0 Å². The molecular formula is C16H16F3N3O3S. The fraction of sp³-hybridized carbons (Fsp3) is 0.250. The second kappa shape index (κ2) is 7.83. The number of hydrogen-bond acceptors (Lipinski definition) is 4. The molecule has 0 bridgehead atoms. The van der Waals surface area contributed by atoms with Gasteiger partial charge in [-0.05, 0) is 42.8 Å². The number of nitrogens with zero attached hydrogens (tertiary/aromatic N) is 1. The van der Waals surface area contributed by atoms with Crippen molar-refractivity contribution in [3.63, 3.8) is 0 Å². The number of alkyl halides is 3. The van der Waals surface area contributed by atoms with Crippen LogP contribution >= 0.6 is 0 Å². The molecule has 0 aliphatic heterocycles. The average Bonchev–Trinajstić information content (AvgIpc) is 2.60. The van der Waals surface area contributed by atoms with Gasteiger partial charge in [0.05, 0.1) is 10.5 Å². The highest BCUT2D eigenvalue weighted by atomic mass is 32.2. The Morgan fingerprint density at radius 3 is 2.27 bits per heavy atom. The lowest BCUT2D eigenvalue weighted by molar-refractivity contribution is -0.141. The van der Waals surface area contributed by atoms with Crippen LogP contribution in [0.3, 0.4) is 0 Å². The molecule has 0 saturated heterocycles. The van der Waals surface area contributed by atoms with Crippen LogP contribution in [-0.4, -0.2) is 25.9 Å². The first-order valence-electron chi connectivity index (χ1n) is 7.58. The summed E-state index contributed by atoms with van der Waals surface area (Å²) in [7, 11) is -3.62. The average molecular weight is 387 g/mol. The molecule has 1 heterocycles. The lowest BCUT2D eigenvalue weighted by Crippen LogP contribution is -2.24. The molecule has 0 radical (unpaired) electrons. The van der Waals surface area contributed by atoms with E-state index in [-0.39, 0.29) is 10.5 Å². The number of aromatic nitrogens is 1. The minimum absolute atomic E-state index is 0.0418. The summed E-state index contributed by atoms with van der Waals surface area (Å²) >= 11 is 0. The van der Waals surface area contributed by atoms with Gasteiger partial charge in [-0.25, -0.2) is 13.1 Å². The summed E-state index contributed by atoms with van der Waals surface area (Å²) in [5.74, 6) is -0.661. The molecule has 0 spiro atoms. The minimum Gasteiger partial charge on any atom is -0.322 e. The van der Waals surface area contributed by atoms with E-state index in [0.717, 1.165) is 12.3 Å². The number of amides is 1. The Balaban J connectivity index is 2.08. The quantitative estimate of drug-likeness (QED) is 0.798. The first-order chi connectivity index (χ1) is 12.1. The third-order valence-corrected chi connectivity index (χ3v) is 4.76. The van der Waals surface area contributed by atoms with Crippen molar-refractivity contribution in [2.24, 2.45) is 0 Å². The maximum atomic E-state index is 12.5. The van der Waals surface area contributed by atoms with Gasteiger partial charge < -0.3 is 5.32 Å². The summed E-state index contributed by atoms with van der Waals surface area (Å²) in [4.78, 5) is 15.3. The van der Waals surface area contributed by atoms with Gasteiger partial charge in [0.25, 0.3) is 5.91 Å². The summed E-state index contributed by atoms with van der Waals surface area (Å²) < 4.78 is 63.7. The van der Waals surface area contributed by atoms with Crippen LogP contribution in [0.2, 0.25) is 0 Å². The van der Waals surface area contributed by atoms with Crippen LogP contribution in [0.1, 0.15) is 29.4 Å². The van der Waals surface area contributed by atoms with Gasteiger partial charge in [-0.15, -0.1) is 0 Å². The molecule has 140 valence electrons. The molecule has 1 amide bonds. The van der Waals surface area contributed by atoms with E-state index >= 15 is 0 Å². The lowest BCUT2D eigenvalue weighted by atomic mass is 10.2. The number of pyridine rings is 1. The largest absolute Gasteiger partial charge is 0.433 e. The first kappa shape index (κ1) is 19.9. The summed E-state index contributed by atoms with van der Waals surface area (Å²) in [6, 6.07) is 7.13. The van der Waals surface area contributed by atoms with Crippen LogP contribution in [0.4, 0.5) is 18.9 Å². The Bertz CT molecular complexity index is 864. The zero-order chi connectivity index (χ0) is 19.4. The van der Waals surface area contributed by atoms with Gasteiger partial charge in [-0.2, -0.15) is 13.2 Å². The van der Waals surface area contributed by atoms with Crippen molar-refractivity contribution in [2.45, 2.75) is 24.4 Å². The number of sulfonamides is 1. The Kier molecular flexibility index (Phi) is 5.98. The van der Waals surface area contributed by atoms with Crippen LogP contribution in [0.25, 0.3) is 0 Å². The maximum Gasteiger partial charge on any atom is 0.433 e. The highest BCUT2D eigenvalue weighted by Crippen LogP contribution is 2.27. The van der Waals surface area contributed by atoms with E-state index in [1.54, 1.807) is 0 Å². The molecule has 0 aliphatic carbocycles. The van der Waals surface area contributed by atoms with E-state index < -0.39 is 27.8 Å². The number of carbonyl (C=O) groups excluding carboxylic acids is 1. The molecule has 26 heavy (non-hydrogen) atoms. The molecule has 0 unspecified atom stereocenters. The van der Waals surface area contributed by atoms with Gasteiger partial charge in [0.2, 0.25) is 10.0 Å². The molecular weight excluding hydrogens is 371 g/mol. The Morgan fingerprint density at radius 1 is 1.12 bits per heavy atom. The number of carbonyl (C=O) groups is 1. The summed E-state index contributed by atoms with van der Waals surface area (Å²) in [6.07, 6.45) is -3.11.